The van der Waals surface area contributed by atoms with Crippen LogP contribution in [0, 0.1) is 12.8 Å². The third kappa shape index (κ3) is 5.82. The van der Waals surface area contributed by atoms with Crippen molar-refractivity contribution in [1.82, 2.24) is 14.9 Å². The fourth-order valence-electron chi connectivity index (χ4n) is 1.47. The summed E-state index contributed by atoms with van der Waals surface area (Å²) in [5.41, 5.74) is 0. The zero-order chi connectivity index (χ0) is 13.5. The lowest BCUT2D eigenvalue weighted by Gasteiger charge is -2.13. The first-order valence-corrected chi connectivity index (χ1v) is 6.45. The van der Waals surface area contributed by atoms with Gasteiger partial charge < -0.3 is 15.5 Å². The molecule has 1 rings (SSSR count). The largest absolute Gasteiger partial charge is 0.370 e. The Morgan fingerprint density at radius 3 is 2.33 bits per heavy atom. The summed E-state index contributed by atoms with van der Waals surface area (Å²) in [4.78, 5) is 10.9. The molecule has 102 valence electrons. The van der Waals surface area contributed by atoms with Crippen LogP contribution in [0.4, 0.5) is 11.6 Å². The van der Waals surface area contributed by atoms with Gasteiger partial charge >= 0.3 is 0 Å². The zero-order valence-electron chi connectivity index (χ0n) is 12.1. The number of aryl methyl sites for hydroxylation is 1. The van der Waals surface area contributed by atoms with Gasteiger partial charge in [0.05, 0.1) is 0 Å². The van der Waals surface area contributed by atoms with E-state index in [1.807, 2.05) is 13.0 Å². The van der Waals surface area contributed by atoms with E-state index in [0.717, 1.165) is 37.1 Å². The minimum Gasteiger partial charge on any atom is -0.370 e. The molecule has 2 N–H and O–H groups in total. The van der Waals surface area contributed by atoms with Crippen molar-refractivity contribution in [1.29, 1.82) is 0 Å². The molecule has 5 nitrogen and oxygen atoms in total. The van der Waals surface area contributed by atoms with E-state index in [0.29, 0.717) is 5.92 Å². The monoisotopic (exact) mass is 251 g/mol. The van der Waals surface area contributed by atoms with E-state index in [-0.39, 0.29) is 0 Å². The highest BCUT2D eigenvalue weighted by Gasteiger charge is 2.02. The number of likely N-dealkylation sites (N-methyl/N-ethyl adjacent to an activating group) is 1. The van der Waals surface area contributed by atoms with Crippen LogP contribution in [-0.4, -0.2) is 48.6 Å². The topological polar surface area (TPSA) is 53.1 Å². The van der Waals surface area contributed by atoms with Crippen molar-refractivity contribution in [3.8, 4) is 0 Å². The van der Waals surface area contributed by atoms with Crippen molar-refractivity contribution in [2.45, 2.75) is 20.8 Å². The summed E-state index contributed by atoms with van der Waals surface area (Å²) in [6, 6.07) is 1.96. The van der Waals surface area contributed by atoms with Gasteiger partial charge in [0, 0.05) is 25.7 Å². The fraction of sp³-hybridized carbons (Fsp3) is 0.692. The number of nitrogens with zero attached hydrogens (tertiary/aromatic N) is 3. The summed E-state index contributed by atoms with van der Waals surface area (Å²) >= 11 is 0. The summed E-state index contributed by atoms with van der Waals surface area (Å²) in [6.07, 6.45) is 0. The fourth-order valence-corrected chi connectivity index (χ4v) is 1.47. The Morgan fingerprint density at radius 1 is 1.17 bits per heavy atom. The van der Waals surface area contributed by atoms with Crippen molar-refractivity contribution >= 4 is 11.6 Å². The third-order valence-corrected chi connectivity index (χ3v) is 2.39. The number of aromatic nitrogens is 2. The first-order chi connectivity index (χ1) is 8.47. The van der Waals surface area contributed by atoms with E-state index < -0.39 is 0 Å². The van der Waals surface area contributed by atoms with Crippen LogP contribution in [-0.2, 0) is 0 Å². The predicted molar refractivity (Wildman–Crippen MR) is 77.1 cm³/mol. The maximum Gasteiger partial charge on any atom is 0.131 e. The van der Waals surface area contributed by atoms with Crippen LogP contribution >= 0.6 is 0 Å². The Hall–Kier alpha value is -1.36. The lowest BCUT2D eigenvalue weighted by molar-refractivity contribution is 0.425. The molecule has 0 aromatic carbocycles. The molecule has 0 unspecified atom stereocenters. The summed E-state index contributed by atoms with van der Waals surface area (Å²) < 4.78 is 0. The zero-order valence-corrected chi connectivity index (χ0v) is 12.1. The Balaban J connectivity index is 2.57. The van der Waals surface area contributed by atoms with Crippen molar-refractivity contribution in [2.24, 2.45) is 5.92 Å². The van der Waals surface area contributed by atoms with E-state index >= 15 is 0 Å². The molecule has 0 fully saturated rings. The molecule has 1 aromatic rings. The highest BCUT2D eigenvalue weighted by Crippen LogP contribution is 2.11. The molecular weight excluding hydrogens is 226 g/mol. The maximum atomic E-state index is 4.38. The second-order valence-electron chi connectivity index (χ2n) is 5.19. The number of anilines is 2. The van der Waals surface area contributed by atoms with Crippen LogP contribution in [0.1, 0.15) is 19.7 Å². The molecule has 5 heteroatoms. The number of hydrogen-bond acceptors (Lipinski definition) is 5. The minimum absolute atomic E-state index is 0.602. The molecular formula is C13H25N5. The average molecular weight is 251 g/mol. The second-order valence-corrected chi connectivity index (χ2v) is 5.19. The highest BCUT2D eigenvalue weighted by atomic mass is 15.1. The first kappa shape index (κ1) is 14.7. The summed E-state index contributed by atoms with van der Waals surface area (Å²) in [6.45, 7) is 9.06. The molecule has 0 atom stereocenters. The molecule has 0 saturated heterocycles. The Morgan fingerprint density at radius 2 is 1.78 bits per heavy atom. The van der Waals surface area contributed by atoms with Crippen LogP contribution in [0.3, 0.4) is 0 Å². The summed E-state index contributed by atoms with van der Waals surface area (Å²) in [5.74, 6) is 3.17. The van der Waals surface area contributed by atoms with E-state index in [1.54, 1.807) is 0 Å². The van der Waals surface area contributed by atoms with Crippen LogP contribution < -0.4 is 10.6 Å². The molecule has 0 aliphatic carbocycles. The molecule has 1 heterocycles. The van der Waals surface area contributed by atoms with E-state index in [2.05, 4.69) is 53.4 Å². The molecule has 0 radical (unpaired) electrons. The van der Waals surface area contributed by atoms with Gasteiger partial charge in [0.1, 0.15) is 17.5 Å². The van der Waals surface area contributed by atoms with E-state index in [9.17, 15) is 0 Å². The van der Waals surface area contributed by atoms with Gasteiger partial charge in [-0.25, -0.2) is 9.97 Å². The van der Waals surface area contributed by atoms with Gasteiger partial charge in [-0.05, 0) is 26.9 Å². The van der Waals surface area contributed by atoms with E-state index in [1.165, 1.54) is 0 Å². The Labute approximate surface area is 110 Å². The Bertz CT molecular complexity index is 362. The van der Waals surface area contributed by atoms with Gasteiger partial charge in [-0.2, -0.15) is 0 Å². The summed E-state index contributed by atoms with van der Waals surface area (Å²) in [5, 5.41) is 6.64. The van der Waals surface area contributed by atoms with Crippen LogP contribution in [0.2, 0.25) is 0 Å². The number of hydrogen-bond donors (Lipinski definition) is 2. The van der Waals surface area contributed by atoms with Gasteiger partial charge in [0.25, 0.3) is 0 Å². The first-order valence-electron chi connectivity index (χ1n) is 6.45. The van der Waals surface area contributed by atoms with Crippen LogP contribution in [0.15, 0.2) is 6.07 Å². The second kappa shape index (κ2) is 7.16. The van der Waals surface area contributed by atoms with Gasteiger partial charge in [-0.15, -0.1) is 0 Å². The Kier molecular flexibility index (Phi) is 5.85. The van der Waals surface area contributed by atoms with Crippen LogP contribution in [0.25, 0.3) is 0 Å². The van der Waals surface area contributed by atoms with Crippen molar-refractivity contribution in [3.05, 3.63) is 11.9 Å². The maximum absolute atomic E-state index is 4.38. The SMILES string of the molecule is Cc1nc(NCCN(C)C)cc(NCC(C)C)n1. The van der Waals surface area contributed by atoms with Gasteiger partial charge in [0.15, 0.2) is 0 Å². The molecule has 0 aliphatic rings. The molecule has 0 saturated carbocycles. The van der Waals surface area contributed by atoms with Gasteiger partial charge in [0.2, 0.25) is 0 Å². The van der Waals surface area contributed by atoms with Crippen LogP contribution in [0.5, 0.6) is 0 Å². The van der Waals surface area contributed by atoms with Crippen molar-refractivity contribution in [2.75, 3.05) is 44.4 Å². The van der Waals surface area contributed by atoms with Gasteiger partial charge in [-0.1, -0.05) is 13.8 Å². The molecule has 0 spiro atoms. The normalized spacial score (nSPS) is 11.1. The highest BCUT2D eigenvalue weighted by molar-refractivity contribution is 5.47. The summed E-state index contributed by atoms with van der Waals surface area (Å²) in [7, 11) is 4.12. The molecule has 0 amide bonds. The molecule has 0 bridgehead atoms. The molecule has 0 aliphatic heterocycles. The lowest BCUT2D eigenvalue weighted by atomic mass is 10.2. The molecule has 1 aromatic heterocycles. The standard InChI is InChI=1S/C13H25N5/c1-10(2)9-15-13-8-12(16-11(3)17-13)14-6-7-18(4)5/h8,10H,6-7,9H2,1-5H3,(H2,14,15,16,17). The minimum atomic E-state index is 0.602. The lowest BCUT2D eigenvalue weighted by Crippen LogP contribution is -2.21. The molecule has 18 heavy (non-hydrogen) atoms. The van der Waals surface area contributed by atoms with Crippen molar-refractivity contribution < 1.29 is 0 Å². The number of nitrogens with one attached hydrogen (secondary N) is 2. The number of rotatable bonds is 7. The van der Waals surface area contributed by atoms with E-state index in [4.69, 9.17) is 0 Å². The van der Waals surface area contributed by atoms with Gasteiger partial charge in [-0.3, -0.25) is 0 Å². The smallest absolute Gasteiger partial charge is 0.131 e. The van der Waals surface area contributed by atoms with Crippen molar-refractivity contribution in [3.63, 3.8) is 0 Å². The average Bonchev–Trinajstić information content (AvgIpc) is 2.25. The third-order valence-electron chi connectivity index (χ3n) is 2.39. The predicted octanol–water partition coefficient (Wildman–Crippen LogP) is 1.83. The quantitative estimate of drug-likeness (QED) is 0.774.